The Labute approximate surface area is 139 Å². The summed E-state index contributed by atoms with van der Waals surface area (Å²) in [6, 6.07) is 2.49. The number of aromatic nitrogens is 1. The van der Waals surface area contributed by atoms with Gasteiger partial charge in [0.2, 0.25) is 5.91 Å². The van der Waals surface area contributed by atoms with Gasteiger partial charge < -0.3 is 10.2 Å². The van der Waals surface area contributed by atoms with E-state index in [2.05, 4.69) is 10.3 Å². The van der Waals surface area contributed by atoms with Crippen LogP contribution >= 0.6 is 0 Å². The molecule has 3 rings (SSSR count). The molecule has 2 heterocycles. The third-order valence-electron chi connectivity index (χ3n) is 4.90. The van der Waals surface area contributed by atoms with E-state index < -0.39 is 11.7 Å². The molecule has 1 aliphatic carbocycles. The molecule has 1 aromatic rings. The van der Waals surface area contributed by atoms with E-state index in [1.165, 1.54) is 18.9 Å². The average molecular weight is 341 g/mol. The highest BCUT2D eigenvalue weighted by atomic mass is 19.4. The van der Waals surface area contributed by atoms with Crippen molar-refractivity contribution >= 4 is 11.7 Å². The molecule has 0 bridgehead atoms. The van der Waals surface area contributed by atoms with Crippen LogP contribution in [0.3, 0.4) is 0 Å². The normalized spacial score (nSPS) is 22.1. The zero-order valence-electron chi connectivity index (χ0n) is 13.5. The Kier molecular flexibility index (Phi) is 4.96. The average Bonchev–Trinajstić information content (AvgIpc) is 3.18. The fourth-order valence-corrected chi connectivity index (χ4v) is 3.59. The molecule has 0 radical (unpaired) electrons. The molecular formula is C17H22F3N3O. The molecule has 2 fully saturated rings. The van der Waals surface area contributed by atoms with Crippen LogP contribution in [0.5, 0.6) is 0 Å². The summed E-state index contributed by atoms with van der Waals surface area (Å²) in [6.45, 7) is 1.28. The fraction of sp³-hybridized carbons (Fsp3) is 0.647. The number of halogens is 3. The highest BCUT2D eigenvalue weighted by molar-refractivity contribution is 5.76. The first-order valence-corrected chi connectivity index (χ1v) is 8.49. The van der Waals surface area contributed by atoms with Gasteiger partial charge in [-0.15, -0.1) is 0 Å². The summed E-state index contributed by atoms with van der Waals surface area (Å²) in [5.41, 5.74) is -0.744. The van der Waals surface area contributed by atoms with Gasteiger partial charge in [-0.25, -0.2) is 4.98 Å². The predicted octanol–water partition coefficient (Wildman–Crippen LogP) is 3.38. The fourth-order valence-electron chi connectivity index (χ4n) is 3.59. The Balaban J connectivity index is 1.50. The van der Waals surface area contributed by atoms with Crippen LogP contribution in [0.15, 0.2) is 18.3 Å². The minimum absolute atomic E-state index is 0.0444. The van der Waals surface area contributed by atoms with Crippen molar-refractivity contribution in [3.63, 3.8) is 0 Å². The monoisotopic (exact) mass is 341 g/mol. The number of rotatable bonds is 4. The number of hydrogen-bond acceptors (Lipinski definition) is 3. The van der Waals surface area contributed by atoms with Gasteiger partial charge in [-0.05, 0) is 37.3 Å². The van der Waals surface area contributed by atoms with Gasteiger partial charge in [-0.3, -0.25) is 4.79 Å². The third kappa shape index (κ3) is 4.19. The summed E-state index contributed by atoms with van der Waals surface area (Å²) in [6.07, 6.45) is 2.59. The highest BCUT2D eigenvalue weighted by Crippen LogP contribution is 2.30. The van der Waals surface area contributed by atoms with Crippen LogP contribution in [0, 0.1) is 5.92 Å². The quantitative estimate of drug-likeness (QED) is 0.913. The minimum atomic E-state index is -4.37. The molecule has 132 valence electrons. The first-order valence-electron chi connectivity index (χ1n) is 8.49. The van der Waals surface area contributed by atoms with Crippen LogP contribution in [-0.4, -0.2) is 30.0 Å². The maximum absolute atomic E-state index is 12.6. The van der Waals surface area contributed by atoms with E-state index in [0.717, 1.165) is 31.5 Å². The molecule has 1 N–H and O–H groups in total. The first-order chi connectivity index (χ1) is 11.4. The number of alkyl halides is 3. The SMILES string of the molecule is O=C(CC1CCCC1)NC1CCN(c2ccc(C(F)(F)F)cn2)C1. The lowest BCUT2D eigenvalue weighted by atomic mass is 10.0. The van der Waals surface area contributed by atoms with Crippen molar-refractivity contribution in [1.29, 1.82) is 0 Å². The highest BCUT2D eigenvalue weighted by Gasteiger charge is 2.31. The summed E-state index contributed by atoms with van der Waals surface area (Å²) in [5, 5.41) is 3.05. The second kappa shape index (κ2) is 6.99. The maximum Gasteiger partial charge on any atom is 0.417 e. The van der Waals surface area contributed by atoms with Crippen LogP contribution in [-0.2, 0) is 11.0 Å². The minimum Gasteiger partial charge on any atom is -0.354 e. The lowest BCUT2D eigenvalue weighted by Crippen LogP contribution is -2.37. The van der Waals surface area contributed by atoms with Gasteiger partial charge in [-0.1, -0.05) is 12.8 Å². The van der Waals surface area contributed by atoms with Gasteiger partial charge in [0.15, 0.2) is 0 Å². The van der Waals surface area contributed by atoms with Crippen molar-refractivity contribution in [3.8, 4) is 0 Å². The molecule has 0 aromatic carbocycles. The van der Waals surface area contributed by atoms with Crippen molar-refractivity contribution in [1.82, 2.24) is 10.3 Å². The molecule has 2 aliphatic rings. The largest absolute Gasteiger partial charge is 0.417 e. The zero-order valence-corrected chi connectivity index (χ0v) is 13.5. The second-order valence-corrected chi connectivity index (χ2v) is 6.76. The molecular weight excluding hydrogens is 319 g/mol. The van der Waals surface area contributed by atoms with Crippen molar-refractivity contribution < 1.29 is 18.0 Å². The Bertz CT molecular complexity index is 567. The molecule has 1 aromatic heterocycles. The summed E-state index contributed by atoms with van der Waals surface area (Å²) in [4.78, 5) is 17.9. The van der Waals surface area contributed by atoms with Crippen molar-refractivity contribution in [3.05, 3.63) is 23.9 Å². The van der Waals surface area contributed by atoms with E-state index in [1.807, 2.05) is 4.90 Å². The van der Waals surface area contributed by atoms with Gasteiger partial charge in [0.1, 0.15) is 5.82 Å². The first kappa shape index (κ1) is 17.0. The number of amides is 1. The molecule has 1 saturated carbocycles. The molecule has 1 saturated heterocycles. The number of carbonyl (C=O) groups is 1. The summed E-state index contributed by atoms with van der Waals surface area (Å²) in [5.74, 6) is 1.13. The van der Waals surface area contributed by atoms with E-state index in [0.29, 0.717) is 31.2 Å². The topological polar surface area (TPSA) is 45.2 Å². The van der Waals surface area contributed by atoms with Gasteiger partial charge >= 0.3 is 6.18 Å². The van der Waals surface area contributed by atoms with Gasteiger partial charge in [0.05, 0.1) is 5.56 Å². The van der Waals surface area contributed by atoms with Gasteiger partial charge in [0, 0.05) is 31.7 Å². The van der Waals surface area contributed by atoms with Gasteiger partial charge in [-0.2, -0.15) is 13.2 Å². The molecule has 4 nitrogen and oxygen atoms in total. The van der Waals surface area contributed by atoms with E-state index in [4.69, 9.17) is 0 Å². The van der Waals surface area contributed by atoms with Crippen molar-refractivity contribution in [2.75, 3.05) is 18.0 Å². The number of pyridine rings is 1. The molecule has 24 heavy (non-hydrogen) atoms. The maximum atomic E-state index is 12.6. The zero-order chi connectivity index (χ0) is 17.2. The molecule has 0 spiro atoms. The number of carbonyl (C=O) groups excluding carboxylic acids is 1. The Hall–Kier alpha value is -1.79. The number of anilines is 1. The van der Waals surface area contributed by atoms with E-state index in [-0.39, 0.29) is 11.9 Å². The molecule has 1 amide bonds. The van der Waals surface area contributed by atoms with Crippen LogP contribution in [0.1, 0.15) is 44.1 Å². The molecule has 1 unspecified atom stereocenters. The lowest BCUT2D eigenvalue weighted by molar-refractivity contribution is -0.137. The van der Waals surface area contributed by atoms with E-state index >= 15 is 0 Å². The summed E-state index contributed by atoms with van der Waals surface area (Å²) < 4.78 is 37.7. The third-order valence-corrected chi connectivity index (χ3v) is 4.90. The van der Waals surface area contributed by atoms with E-state index in [9.17, 15) is 18.0 Å². The number of nitrogens with zero attached hydrogens (tertiary/aromatic N) is 2. The number of nitrogens with one attached hydrogen (secondary N) is 1. The molecule has 7 heteroatoms. The summed E-state index contributed by atoms with van der Waals surface area (Å²) >= 11 is 0. The van der Waals surface area contributed by atoms with E-state index in [1.54, 1.807) is 0 Å². The lowest BCUT2D eigenvalue weighted by Gasteiger charge is -2.19. The van der Waals surface area contributed by atoms with Crippen molar-refractivity contribution in [2.24, 2.45) is 5.92 Å². The van der Waals surface area contributed by atoms with Crippen LogP contribution in [0.2, 0.25) is 0 Å². The van der Waals surface area contributed by atoms with Crippen LogP contribution < -0.4 is 10.2 Å². The standard InChI is InChI=1S/C17H22F3N3O/c18-17(19,20)13-5-6-15(21-10-13)23-8-7-14(11-23)22-16(24)9-12-3-1-2-4-12/h5-6,10,12,14H,1-4,7-9,11H2,(H,22,24). The second-order valence-electron chi connectivity index (χ2n) is 6.76. The Morgan fingerprint density at radius 1 is 1.25 bits per heavy atom. The van der Waals surface area contributed by atoms with Crippen LogP contribution in [0.4, 0.5) is 19.0 Å². The number of hydrogen-bond donors (Lipinski definition) is 1. The summed E-state index contributed by atoms with van der Waals surface area (Å²) in [7, 11) is 0. The van der Waals surface area contributed by atoms with Crippen LogP contribution in [0.25, 0.3) is 0 Å². The predicted molar refractivity (Wildman–Crippen MR) is 84.6 cm³/mol. The Morgan fingerprint density at radius 3 is 2.62 bits per heavy atom. The Morgan fingerprint density at radius 2 is 2.00 bits per heavy atom. The molecule has 1 aliphatic heterocycles. The van der Waals surface area contributed by atoms with Gasteiger partial charge in [0.25, 0.3) is 0 Å². The van der Waals surface area contributed by atoms with Crippen molar-refractivity contribution in [2.45, 2.75) is 50.7 Å². The molecule has 1 atom stereocenters. The smallest absolute Gasteiger partial charge is 0.354 e.